The second-order valence-corrected chi connectivity index (χ2v) is 6.16. The molecule has 1 spiro atoms. The van der Waals surface area contributed by atoms with Crippen LogP contribution in [0.15, 0.2) is 12.1 Å². The number of rotatable bonds is 4. The molecule has 1 atom stereocenters. The average molecular weight is 320 g/mol. The first-order chi connectivity index (χ1) is 11.1. The van der Waals surface area contributed by atoms with Crippen LogP contribution < -0.4 is 5.32 Å². The highest BCUT2D eigenvalue weighted by molar-refractivity contribution is 5.92. The summed E-state index contributed by atoms with van der Waals surface area (Å²) in [5.74, 6) is 0.147. The number of carbonyl (C=O) groups is 1. The minimum absolute atomic E-state index is 0.0829. The second kappa shape index (κ2) is 6.80. The number of anilines is 1. The van der Waals surface area contributed by atoms with Crippen LogP contribution in [0.5, 0.6) is 0 Å². The third-order valence-corrected chi connectivity index (χ3v) is 4.52. The van der Waals surface area contributed by atoms with Crippen LogP contribution in [0.2, 0.25) is 0 Å². The van der Waals surface area contributed by atoms with Crippen LogP contribution in [-0.2, 0) is 9.47 Å². The van der Waals surface area contributed by atoms with E-state index in [1.165, 1.54) is 0 Å². The predicted octanol–water partition coefficient (Wildman–Crippen LogP) is 1.67. The lowest BCUT2D eigenvalue weighted by molar-refractivity contribution is -0.181. The molecule has 23 heavy (non-hydrogen) atoms. The molecule has 2 saturated heterocycles. The van der Waals surface area contributed by atoms with Gasteiger partial charge in [-0.05, 0) is 25.5 Å². The quantitative estimate of drug-likeness (QED) is 0.909. The largest absolute Gasteiger partial charge is 0.366 e. The number of amides is 1. The molecule has 2 aliphatic heterocycles. The van der Waals surface area contributed by atoms with Gasteiger partial charge >= 0.3 is 0 Å². The normalized spacial score (nSPS) is 21.4. The molecule has 1 aromatic rings. The first kappa shape index (κ1) is 16.1. The first-order valence-corrected chi connectivity index (χ1v) is 8.29. The fourth-order valence-corrected chi connectivity index (χ4v) is 2.88. The Morgan fingerprint density at radius 2 is 2.00 bits per heavy atom. The number of nitrogens with one attached hydrogen (secondary N) is 1. The molecular formula is C16H24N4O3. The Bertz CT molecular complexity index is 533. The Labute approximate surface area is 136 Å². The highest BCUT2D eigenvalue weighted by Crippen LogP contribution is 2.31. The molecule has 2 aliphatic rings. The molecular weight excluding hydrogens is 296 g/mol. The van der Waals surface area contributed by atoms with Gasteiger partial charge < -0.3 is 19.7 Å². The van der Waals surface area contributed by atoms with E-state index in [1.807, 2.05) is 0 Å². The highest BCUT2D eigenvalue weighted by Gasteiger charge is 2.41. The molecule has 1 N–H and O–H groups in total. The molecule has 0 bridgehead atoms. The van der Waals surface area contributed by atoms with E-state index in [0.29, 0.717) is 56.7 Å². The molecule has 1 amide bonds. The number of nitrogens with zero attached hydrogens (tertiary/aromatic N) is 3. The molecule has 1 unspecified atom stereocenters. The van der Waals surface area contributed by atoms with E-state index in [0.717, 1.165) is 6.42 Å². The summed E-state index contributed by atoms with van der Waals surface area (Å²) in [4.78, 5) is 14.3. The van der Waals surface area contributed by atoms with Crippen molar-refractivity contribution in [3.63, 3.8) is 0 Å². The molecule has 0 aromatic carbocycles. The topological polar surface area (TPSA) is 76.6 Å². The third kappa shape index (κ3) is 3.61. The Morgan fingerprint density at radius 3 is 2.57 bits per heavy atom. The zero-order chi connectivity index (χ0) is 16.3. The summed E-state index contributed by atoms with van der Waals surface area (Å²) in [5, 5.41) is 11.4. The maximum atomic E-state index is 12.5. The molecule has 3 rings (SSSR count). The second-order valence-electron chi connectivity index (χ2n) is 6.16. The predicted molar refractivity (Wildman–Crippen MR) is 85.2 cm³/mol. The van der Waals surface area contributed by atoms with Crippen molar-refractivity contribution in [2.75, 3.05) is 31.6 Å². The van der Waals surface area contributed by atoms with Crippen molar-refractivity contribution in [3.8, 4) is 0 Å². The lowest BCUT2D eigenvalue weighted by atomic mass is 10.0. The van der Waals surface area contributed by atoms with E-state index in [2.05, 4.69) is 29.4 Å². The van der Waals surface area contributed by atoms with Crippen LogP contribution in [0.25, 0.3) is 0 Å². The molecule has 3 heterocycles. The van der Waals surface area contributed by atoms with Crippen LogP contribution in [0.1, 0.15) is 43.6 Å². The number of hydrogen-bond acceptors (Lipinski definition) is 6. The van der Waals surface area contributed by atoms with Crippen molar-refractivity contribution >= 4 is 11.7 Å². The summed E-state index contributed by atoms with van der Waals surface area (Å²) in [7, 11) is 0. The molecule has 2 fully saturated rings. The molecule has 126 valence electrons. The first-order valence-electron chi connectivity index (χ1n) is 8.29. The van der Waals surface area contributed by atoms with Crippen LogP contribution in [0, 0.1) is 0 Å². The van der Waals surface area contributed by atoms with Gasteiger partial charge in [-0.3, -0.25) is 4.79 Å². The molecule has 0 radical (unpaired) electrons. The maximum absolute atomic E-state index is 12.5. The zero-order valence-electron chi connectivity index (χ0n) is 13.7. The zero-order valence-corrected chi connectivity index (χ0v) is 13.7. The van der Waals surface area contributed by atoms with Gasteiger partial charge in [0.15, 0.2) is 11.5 Å². The van der Waals surface area contributed by atoms with Gasteiger partial charge in [-0.2, -0.15) is 0 Å². The summed E-state index contributed by atoms with van der Waals surface area (Å²) in [6.45, 7) is 6.70. The fourth-order valence-electron chi connectivity index (χ4n) is 2.88. The number of ether oxygens (including phenoxy) is 2. The van der Waals surface area contributed by atoms with E-state index >= 15 is 0 Å². The molecule has 7 nitrogen and oxygen atoms in total. The Kier molecular flexibility index (Phi) is 4.77. The van der Waals surface area contributed by atoms with Gasteiger partial charge in [-0.1, -0.05) is 6.92 Å². The minimum atomic E-state index is -0.466. The molecule has 1 aromatic heterocycles. The van der Waals surface area contributed by atoms with Gasteiger partial charge in [-0.25, -0.2) is 0 Å². The van der Waals surface area contributed by atoms with Crippen molar-refractivity contribution in [2.45, 2.75) is 44.9 Å². The van der Waals surface area contributed by atoms with Crippen molar-refractivity contribution < 1.29 is 14.3 Å². The number of hydrogen-bond donors (Lipinski definition) is 1. The maximum Gasteiger partial charge on any atom is 0.274 e. The fraction of sp³-hybridized carbons (Fsp3) is 0.688. The van der Waals surface area contributed by atoms with Crippen LogP contribution in [-0.4, -0.2) is 59.1 Å². The highest BCUT2D eigenvalue weighted by atomic mass is 16.7. The average Bonchev–Trinajstić information content (AvgIpc) is 3.03. The van der Waals surface area contributed by atoms with E-state index in [4.69, 9.17) is 9.47 Å². The van der Waals surface area contributed by atoms with Gasteiger partial charge in [0.1, 0.15) is 5.82 Å². The number of likely N-dealkylation sites (tertiary alicyclic amines) is 1. The van der Waals surface area contributed by atoms with Crippen LogP contribution in [0.3, 0.4) is 0 Å². The monoisotopic (exact) mass is 320 g/mol. The van der Waals surface area contributed by atoms with Crippen molar-refractivity contribution in [1.29, 1.82) is 0 Å². The van der Waals surface area contributed by atoms with E-state index in [-0.39, 0.29) is 5.91 Å². The molecule has 0 aliphatic carbocycles. The summed E-state index contributed by atoms with van der Waals surface area (Å²) in [6, 6.07) is 3.86. The SMILES string of the molecule is CCC(C)Nc1ccc(C(=O)N2CCC3(CC2)OCCO3)nn1. The Morgan fingerprint density at radius 1 is 1.30 bits per heavy atom. The van der Waals surface area contributed by atoms with Crippen LogP contribution >= 0.6 is 0 Å². The van der Waals surface area contributed by atoms with Crippen LogP contribution in [0.4, 0.5) is 5.82 Å². The van der Waals surface area contributed by atoms with Crippen molar-refractivity contribution in [3.05, 3.63) is 17.8 Å². The molecule has 7 heteroatoms. The minimum Gasteiger partial charge on any atom is -0.366 e. The van der Waals surface area contributed by atoms with Gasteiger partial charge in [0.05, 0.1) is 13.2 Å². The number of carbonyl (C=O) groups excluding carboxylic acids is 1. The Hall–Kier alpha value is -1.73. The number of aromatic nitrogens is 2. The smallest absolute Gasteiger partial charge is 0.274 e. The van der Waals surface area contributed by atoms with Crippen molar-refractivity contribution in [1.82, 2.24) is 15.1 Å². The van der Waals surface area contributed by atoms with E-state index in [1.54, 1.807) is 17.0 Å². The summed E-state index contributed by atoms with van der Waals surface area (Å²) >= 11 is 0. The Balaban J connectivity index is 1.58. The summed E-state index contributed by atoms with van der Waals surface area (Å²) < 4.78 is 11.4. The standard InChI is InChI=1S/C16H24N4O3/c1-3-12(2)17-14-5-4-13(18-19-14)15(21)20-8-6-16(7-9-20)22-10-11-23-16/h4-5,12H,3,6-11H2,1-2H3,(H,17,19). The van der Waals surface area contributed by atoms with Crippen molar-refractivity contribution in [2.24, 2.45) is 0 Å². The third-order valence-electron chi connectivity index (χ3n) is 4.52. The lowest BCUT2D eigenvalue weighted by Crippen LogP contribution is -2.47. The van der Waals surface area contributed by atoms with Gasteiger partial charge in [0, 0.05) is 32.0 Å². The molecule has 0 saturated carbocycles. The summed E-state index contributed by atoms with van der Waals surface area (Å²) in [5.41, 5.74) is 0.379. The van der Waals surface area contributed by atoms with Gasteiger partial charge in [0.2, 0.25) is 0 Å². The van der Waals surface area contributed by atoms with Gasteiger partial charge in [-0.15, -0.1) is 10.2 Å². The van der Waals surface area contributed by atoms with Gasteiger partial charge in [0.25, 0.3) is 5.91 Å². The lowest BCUT2D eigenvalue weighted by Gasteiger charge is -2.37. The van der Waals surface area contributed by atoms with E-state index in [9.17, 15) is 4.79 Å². The van der Waals surface area contributed by atoms with E-state index < -0.39 is 5.79 Å². The summed E-state index contributed by atoms with van der Waals surface area (Å²) in [6.07, 6.45) is 2.42. The number of piperidine rings is 1.